The molecule has 0 radical (unpaired) electrons. The zero-order chi connectivity index (χ0) is 46.3. The summed E-state index contributed by atoms with van der Waals surface area (Å²) in [5.74, 6) is -0.0982. The van der Waals surface area contributed by atoms with Crippen LogP contribution in [-0.2, 0) is 4.79 Å². The van der Waals surface area contributed by atoms with Gasteiger partial charge in [0.05, 0.1) is 18.8 Å². The van der Waals surface area contributed by atoms with Gasteiger partial charge in [-0.25, -0.2) is 0 Å². The molecule has 362 valence electrons. The van der Waals surface area contributed by atoms with Crippen LogP contribution in [0, 0.1) is 0 Å². The van der Waals surface area contributed by atoms with E-state index < -0.39 is 12.1 Å². The van der Waals surface area contributed by atoms with Crippen molar-refractivity contribution in [3.8, 4) is 0 Å². The number of aliphatic hydroxyl groups excluding tert-OH is 2. The molecule has 0 aromatic carbocycles. The summed E-state index contributed by atoms with van der Waals surface area (Å²) in [7, 11) is 0. The maximum absolute atomic E-state index is 12.4. The van der Waals surface area contributed by atoms with Crippen LogP contribution in [0.15, 0.2) is 134 Å². The van der Waals surface area contributed by atoms with Gasteiger partial charge in [-0.2, -0.15) is 0 Å². The van der Waals surface area contributed by atoms with Gasteiger partial charge in [0.25, 0.3) is 0 Å². The van der Waals surface area contributed by atoms with Crippen molar-refractivity contribution < 1.29 is 15.0 Å². The number of rotatable bonds is 46. The molecule has 0 rings (SSSR count). The van der Waals surface area contributed by atoms with Crippen molar-refractivity contribution in [1.82, 2.24) is 5.32 Å². The van der Waals surface area contributed by atoms with Gasteiger partial charge in [0.2, 0.25) is 5.91 Å². The molecule has 0 aliphatic heterocycles. The first-order valence-electron chi connectivity index (χ1n) is 26.4. The van der Waals surface area contributed by atoms with Crippen molar-refractivity contribution >= 4 is 5.91 Å². The molecule has 0 spiro atoms. The molecule has 0 bridgehead atoms. The molecule has 0 aromatic rings. The molecule has 0 fully saturated rings. The quantitative estimate of drug-likeness (QED) is 0.0421. The first kappa shape index (κ1) is 60.5. The van der Waals surface area contributed by atoms with Crippen molar-refractivity contribution in [2.75, 3.05) is 6.61 Å². The molecule has 2 unspecified atom stereocenters. The summed E-state index contributed by atoms with van der Waals surface area (Å²) >= 11 is 0. The third-order valence-electron chi connectivity index (χ3n) is 11.1. The van der Waals surface area contributed by atoms with Crippen molar-refractivity contribution in [3.63, 3.8) is 0 Å². The van der Waals surface area contributed by atoms with E-state index in [4.69, 9.17) is 0 Å². The number of allylic oxidation sites excluding steroid dienone is 21. The molecule has 1 amide bonds. The van der Waals surface area contributed by atoms with Gasteiger partial charge in [-0.05, 0) is 103 Å². The summed E-state index contributed by atoms with van der Waals surface area (Å²) in [6.07, 6.45) is 84.4. The van der Waals surface area contributed by atoms with E-state index in [-0.39, 0.29) is 12.5 Å². The Hall–Kier alpha value is -3.47. The van der Waals surface area contributed by atoms with Crippen molar-refractivity contribution in [3.05, 3.63) is 134 Å². The molecular weight excluding hydrogens is 783 g/mol. The van der Waals surface area contributed by atoms with Crippen molar-refractivity contribution in [2.24, 2.45) is 0 Å². The number of aliphatic hydroxyl groups is 2. The van der Waals surface area contributed by atoms with Crippen LogP contribution in [0.25, 0.3) is 0 Å². The second kappa shape index (κ2) is 53.9. The molecule has 64 heavy (non-hydrogen) atoms. The van der Waals surface area contributed by atoms with Crippen LogP contribution in [0.5, 0.6) is 0 Å². The van der Waals surface area contributed by atoms with E-state index in [1.165, 1.54) is 96.3 Å². The van der Waals surface area contributed by atoms with Crippen LogP contribution in [0.4, 0.5) is 0 Å². The van der Waals surface area contributed by atoms with E-state index in [1.807, 2.05) is 6.08 Å². The zero-order valence-electron chi connectivity index (χ0n) is 41.5. The minimum absolute atomic E-state index is 0.0982. The summed E-state index contributed by atoms with van der Waals surface area (Å²) < 4.78 is 0. The van der Waals surface area contributed by atoms with Gasteiger partial charge in [-0.1, -0.05) is 244 Å². The fraction of sp³-hybridized carbons (Fsp3) is 0.617. The highest BCUT2D eigenvalue weighted by Gasteiger charge is 2.17. The topological polar surface area (TPSA) is 69.6 Å². The highest BCUT2D eigenvalue weighted by Crippen LogP contribution is 2.14. The summed E-state index contributed by atoms with van der Waals surface area (Å²) in [4.78, 5) is 12.4. The summed E-state index contributed by atoms with van der Waals surface area (Å²) in [6.45, 7) is 4.17. The number of hydrogen-bond donors (Lipinski definition) is 3. The lowest BCUT2D eigenvalue weighted by Crippen LogP contribution is -2.45. The highest BCUT2D eigenvalue weighted by atomic mass is 16.3. The normalized spacial score (nSPS) is 14.0. The lowest BCUT2D eigenvalue weighted by Gasteiger charge is -2.19. The number of hydrogen-bond acceptors (Lipinski definition) is 3. The van der Waals surface area contributed by atoms with Gasteiger partial charge in [-0.3, -0.25) is 4.79 Å². The number of carbonyl (C=O) groups is 1. The largest absolute Gasteiger partial charge is 0.394 e. The van der Waals surface area contributed by atoms with Crippen LogP contribution in [0.3, 0.4) is 0 Å². The monoisotopic (exact) mass is 882 g/mol. The van der Waals surface area contributed by atoms with E-state index in [0.717, 1.165) is 103 Å². The van der Waals surface area contributed by atoms with Crippen molar-refractivity contribution in [2.45, 2.75) is 231 Å². The molecule has 4 heteroatoms. The third kappa shape index (κ3) is 49.5. The maximum Gasteiger partial charge on any atom is 0.220 e. The molecule has 0 heterocycles. The Balaban J connectivity index is 3.71. The Kier molecular flexibility index (Phi) is 50.9. The predicted molar refractivity (Wildman–Crippen MR) is 285 cm³/mol. The SMILES string of the molecule is CC/C=C\C/C=C\C/C=C\C/C=C\C/C=C\C/C=C\C/C=C\C/C=C\C/C=C\CCCCCCCC(=O)NC(CO)C(O)/C=C/CC/C=C/CCCCCCCCCCCCCCC. The minimum Gasteiger partial charge on any atom is -0.394 e. The van der Waals surface area contributed by atoms with E-state index in [1.54, 1.807) is 6.08 Å². The average Bonchev–Trinajstić information content (AvgIpc) is 3.30. The maximum atomic E-state index is 12.4. The van der Waals surface area contributed by atoms with Crippen LogP contribution < -0.4 is 5.32 Å². The van der Waals surface area contributed by atoms with Gasteiger partial charge in [0.1, 0.15) is 0 Å². The van der Waals surface area contributed by atoms with Gasteiger partial charge < -0.3 is 15.5 Å². The van der Waals surface area contributed by atoms with Gasteiger partial charge in [-0.15, -0.1) is 0 Å². The molecule has 4 nitrogen and oxygen atoms in total. The van der Waals surface area contributed by atoms with Crippen LogP contribution in [0.2, 0.25) is 0 Å². The van der Waals surface area contributed by atoms with E-state index in [2.05, 4.69) is 141 Å². The van der Waals surface area contributed by atoms with Crippen LogP contribution in [0.1, 0.15) is 219 Å². The van der Waals surface area contributed by atoms with Crippen LogP contribution in [-0.4, -0.2) is 34.9 Å². The second-order valence-electron chi connectivity index (χ2n) is 17.2. The average molecular weight is 882 g/mol. The number of amides is 1. The minimum atomic E-state index is -0.881. The van der Waals surface area contributed by atoms with Gasteiger partial charge in [0, 0.05) is 6.42 Å². The fourth-order valence-corrected chi connectivity index (χ4v) is 7.13. The Morgan fingerprint density at radius 3 is 1.09 bits per heavy atom. The van der Waals surface area contributed by atoms with E-state index in [9.17, 15) is 15.0 Å². The smallest absolute Gasteiger partial charge is 0.220 e. The van der Waals surface area contributed by atoms with E-state index in [0.29, 0.717) is 6.42 Å². The summed E-state index contributed by atoms with van der Waals surface area (Å²) in [5.41, 5.74) is 0. The zero-order valence-corrected chi connectivity index (χ0v) is 41.5. The van der Waals surface area contributed by atoms with Crippen molar-refractivity contribution in [1.29, 1.82) is 0 Å². The molecule has 0 saturated heterocycles. The molecule has 0 aliphatic carbocycles. The Morgan fingerprint density at radius 2 is 0.703 bits per heavy atom. The summed E-state index contributed by atoms with van der Waals surface area (Å²) in [6, 6.07) is -0.660. The predicted octanol–water partition coefficient (Wildman–Crippen LogP) is 17.5. The van der Waals surface area contributed by atoms with Gasteiger partial charge >= 0.3 is 0 Å². The lowest BCUT2D eigenvalue weighted by molar-refractivity contribution is -0.123. The number of nitrogens with one attached hydrogen (secondary N) is 1. The highest BCUT2D eigenvalue weighted by molar-refractivity contribution is 5.76. The first-order chi connectivity index (χ1) is 31.7. The number of carbonyl (C=O) groups excluding carboxylic acids is 1. The molecule has 3 N–H and O–H groups in total. The first-order valence-corrected chi connectivity index (χ1v) is 26.4. The Labute approximate surface area is 396 Å². The van der Waals surface area contributed by atoms with E-state index >= 15 is 0 Å². The molecule has 2 atom stereocenters. The molecule has 0 saturated carbocycles. The molecule has 0 aliphatic rings. The standard InChI is InChI=1S/C60H99NO3/c1-3-5-7-9-11-13-15-17-19-21-23-24-25-26-27-28-29-30-31-32-33-34-35-36-38-40-42-44-46-48-50-52-54-56-60(64)61-58(57-62)59(63)55-53-51-49-47-45-43-41-39-37-22-20-18-16-14-12-10-8-6-4-2/h5,7,11,13,17,19,23-24,26-27,29-30,32-33,35-36,40,42,45,47,53,55,58-59,62-63H,3-4,6,8-10,12,14-16,18,20-22,25,28,31,34,37-39,41,43-44,46,48-52,54,56-57H2,1-2H3,(H,61,64)/b7-5-,13-11-,19-17-,24-23-,27-26-,30-29-,33-32-,36-35-,42-40-,47-45+,55-53+. The number of unbranched alkanes of at least 4 members (excludes halogenated alkanes) is 19. The third-order valence-corrected chi connectivity index (χ3v) is 11.1. The Morgan fingerprint density at radius 1 is 0.391 bits per heavy atom. The Bertz CT molecular complexity index is 1320. The second-order valence-corrected chi connectivity index (χ2v) is 17.2. The summed E-state index contributed by atoms with van der Waals surface area (Å²) in [5, 5.41) is 23.1. The molecule has 0 aromatic heterocycles. The van der Waals surface area contributed by atoms with Crippen LogP contribution >= 0.6 is 0 Å². The lowest BCUT2D eigenvalue weighted by atomic mass is 10.0. The van der Waals surface area contributed by atoms with Gasteiger partial charge in [0.15, 0.2) is 0 Å². The fourth-order valence-electron chi connectivity index (χ4n) is 7.13. The molecular formula is C60H99NO3.